The van der Waals surface area contributed by atoms with Crippen molar-refractivity contribution in [2.75, 3.05) is 12.8 Å². The highest BCUT2D eigenvalue weighted by Gasteiger charge is 2.17. The van der Waals surface area contributed by atoms with Gasteiger partial charge >= 0.3 is 6.61 Å². The number of alkyl halides is 2. The number of hydrogen-bond donors (Lipinski definition) is 1. The molecule has 0 aliphatic heterocycles. The minimum Gasteiger partial charge on any atom is -0.435 e. The van der Waals surface area contributed by atoms with E-state index in [0.29, 0.717) is 23.8 Å². The molecule has 1 amide bonds. The van der Waals surface area contributed by atoms with E-state index >= 15 is 0 Å². The van der Waals surface area contributed by atoms with Crippen LogP contribution < -0.4 is 9.88 Å². The van der Waals surface area contributed by atoms with Crippen LogP contribution in [0.15, 0.2) is 52.5 Å². The molecule has 0 saturated carbocycles. The number of benzene rings is 2. The van der Waals surface area contributed by atoms with Gasteiger partial charge < -0.3 is 14.2 Å². The van der Waals surface area contributed by atoms with Crippen LogP contribution in [0.5, 0.6) is 5.75 Å². The predicted molar refractivity (Wildman–Crippen MR) is 117 cm³/mol. The highest BCUT2D eigenvalue weighted by Crippen LogP contribution is 2.26. The van der Waals surface area contributed by atoms with Gasteiger partial charge in [-0.15, -0.1) is 0 Å². The summed E-state index contributed by atoms with van der Waals surface area (Å²) in [5.74, 6) is 0.0224. The van der Waals surface area contributed by atoms with Crippen molar-refractivity contribution in [3.8, 4) is 5.75 Å². The van der Waals surface area contributed by atoms with Gasteiger partial charge in [-0.3, -0.25) is 4.79 Å². The summed E-state index contributed by atoms with van der Waals surface area (Å²) in [6.07, 6.45) is 0. The topological polar surface area (TPSA) is 108 Å². The number of carbonyl (C=O) groups is 1. The third kappa shape index (κ3) is 5.75. The predicted octanol–water partition coefficient (Wildman–Crippen LogP) is 3.06. The average Bonchev–Trinajstić information content (AvgIpc) is 3.09. The lowest BCUT2D eigenvalue weighted by atomic mass is 10.2. The van der Waals surface area contributed by atoms with E-state index in [-0.39, 0.29) is 22.3 Å². The lowest BCUT2D eigenvalue weighted by molar-refractivity contribution is -0.127. The number of amides is 1. The van der Waals surface area contributed by atoms with Crippen LogP contribution in [-0.2, 0) is 27.9 Å². The number of nitrogens with zero attached hydrogens (tertiary/aromatic N) is 3. The fraction of sp³-hybridized carbons (Fsp3) is 0.300. The molecule has 32 heavy (non-hydrogen) atoms. The van der Waals surface area contributed by atoms with E-state index < -0.39 is 16.6 Å². The highest BCUT2D eigenvalue weighted by atomic mass is 32.2. The summed E-state index contributed by atoms with van der Waals surface area (Å²) in [4.78, 5) is 18.5. The molecule has 0 spiro atoms. The molecule has 0 aliphatic carbocycles. The fourth-order valence-corrected chi connectivity index (χ4v) is 4.61. The first kappa shape index (κ1) is 24.0. The first-order valence-corrected chi connectivity index (χ1v) is 12.0. The molecule has 0 atom stereocenters. The van der Waals surface area contributed by atoms with Gasteiger partial charge in [-0.1, -0.05) is 23.9 Å². The number of hydrogen-bond acceptors (Lipinski definition) is 6. The molecular weight excluding hydrogens is 462 g/mol. The van der Waals surface area contributed by atoms with Gasteiger partial charge in [-0.05, 0) is 42.8 Å². The second kappa shape index (κ2) is 9.84. The van der Waals surface area contributed by atoms with E-state index in [4.69, 9.17) is 5.14 Å². The maximum Gasteiger partial charge on any atom is 0.387 e. The molecular formula is C20H22F2N4O4S2. The van der Waals surface area contributed by atoms with Gasteiger partial charge in [0.15, 0.2) is 5.16 Å². The number of rotatable bonds is 9. The molecule has 3 rings (SSSR count). The quantitative estimate of drug-likeness (QED) is 0.468. The second-order valence-electron chi connectivity index (χ2n) is 6.90. The molecule has 8 nitrogen and oxygen atoms in total. The average molecular weight is 485 g/mol. The van der Waals surface area contributed by atoms with Crippen molar-refractivity contribution in [2.45, 2.75) is 36.7 Å². The van der Waals surface area contributed by atoms with Crippen molar-refractivity contribution in [1.29, 1.82) is 0 Å². The Kier molecular flexibility index (Phi) is 7.36. The maximum absolute atomic E-state index is 12.6. The Labute approximate surface area is 188 Å². The number of carbonyl (C=O) groups excluding carboxylic acids is 1. The van der Waals surface area contributed by atoms with Crippen LogP contribution in [0.1, 0.15) is 12.5 Å². The van der Waals surface area contributed by atoms with Crippen molar-refractivity contribution < 1.29 is 26.7 Å². The molecule has 0 aliphatic rings. The van der Waals surface area contributed by atoms with Crippen molar-refractivity contribution in [1.82, 2.24) is 14.5 Å². The van der Waals surface area contributed by atoms with E-state index in [9.17, 15) is 22.0 Å². The second-order valence-corrected chi connectivity index (χ2v) is 9.40. The van der Waals surface area contributed by atoms with E-state index in [2.05, 4.69) is 9.72 Å². The molecule has 2 aromatic carbocycles. The molecule has 12 heteroatoms. The largest absolute Gasteiger partial charge is 0.435 e. The Balaban J connectivity index is 1.66. The molecule has 0 saturated heterocycles. The zero-order valence-electron chi connectivity index (χ0n) is 17.4. The standard InChI is InChI=1S/C20H22F2N4O4S2/c1-3-26-17-9-8-15(32(23,28)29)10-16(17)24-20(26)31-12-18(27)25(2)11-13-4-6-14(7-5-13)30-19(21)22/h4-10,19H,3,11-12H2,1-2H3,(H2,23,28,29). The Hall–Kier alpha value is -2.70. The number of aryl methyl sites for hydroxylation is 1. The third-order valence-electron chi connectivity index (χ3n) is 4.65. The number of thioether (sulfide) groups is 1. The van der Waals surface area contributed by atoms with E-state index in [0.717, 1.165) is 11.1 Å². The van der Waals surface area contributed by atoms with Gasteiger partial charge in [0.1, 0.15) is 5.75 Å². The summed E-state index contributed by atoms with van der Waals surface area (Å²) < 4.78 is 53.9. The van der Waals surface area contributed by atoms with E-state index in [1.54, 1.807) is 25.2 Å². The maximum atomic E-state index is 12.6. The number of nitrogens with two attached hydrogens (primary N) is 1. The summed E-state index contributed by atoms with van der Waals surface area (Å²) in [6, 6.07) is 10.6. The molecule has 0 radical (unpaired) electrons. The zero-order chi connectivity index (χ0) is 23.5. The Bertz CT molecular complexity index is 1210. The van der Waals surface area contributed by atoms with Crippen LogP contribution in [0.4, 0.5) is 8.78 Å². The minimum absolute atomic E-state index is 0.0249. The Morgan fingerprint density at radius 3 is 2.53 bits per heavy atom. The van der Waals surface area contributed by atoms with Crippen LogP contribution in [0.3, 0.4) is 0 Å². The first-order valence-electron chi connectivity index (χ1n) is 9.52. The lowest BCUT2D eigenvalue weighted by Gasteiger charge is -2.17. The van der Waals surface area contributed by atoms with Crippen LogP contribution in [0.25, 0.3) is 11.0 Å². The van der Waals surface area contributed by atoms with E-state index in [1.807, 2.05) is 11.5 Å². The van der Waals surface area contributed by atoms with Gasteiger partial charge in [0.25, 0.3) is 0 Å². The number of imidazole rings is 1. The molecule has 1 heterocycles. The van der Waals surface area contributed by atoms with E-state index in [1.165, 1.54) is 40.9 Å². The van der Waals surface area contributed by atoms with Crippen molar-refractivity contribution >= 4 is 38.7 Å². The molecule has 3 aromatic rings. The van der Waals surface area contributed by atoms with Gasteiger partial charge in [-0.25, -0.2) is 18.5 Å². The number of primary sulfonamides is 1. The molecule has 0 bridgehead atoms. The van der Waals surface area contributed by atoms with Gasteiger partial charge in [0, 0.05) is 20.1 Å². The normalized spacial score (nSPS) is 11.8. The summed E-state index contributed by atoms with van der Waals surface area (Å²) >= 11 is 1.24. The van der Waals surface area contributed by atoms with Crippen LogP contribution in [0, 0.1) is 0 Å². The van der Waals surface area contributed by atoms with Crippen LogP contribution >= 0.6 is 11.8 Å². The van der Waals surface area contributed by atoms with Gasteiger partial charge in [0.2, 0.25) is 15.9 Å². The number of aromatic nitrogens is 2. The fourth-order valence-electron chi connectivity index (χ4n) is 3.06. The van der Waals surface area contributed by atoms with Crippen molar-refractivity contribution in [3.05, 3.63) is 48.0 Å². The summed E-state index contributed by atoms with van der Waals surface area (Å²) in [7, 11) is -2.20. The van der Waals surface area contributed by atoms with Gasteiger partial charge in [0.05, 0.1) is 21.7 Å². The number of ether oxygens (including phenoxy) is 1. The molecule has 172 valence electrons. The van der Waals surface area contributed by atoms with Crippen molar-refractivity contribution in [3.63, 3.8) is 0 Å². The number of fused-ring (bicyclic) bond motifs is 1. The minimum atomic E-state index is -3.84. The Morgan fingerprint density at radius 1 is 1.25 bits per heavy atom. The molecule has 0 fully saturated rings. The number of sulfonamides is 1. The Morgan fingerprint density at radius 2 is 1.94 bits per heavy atom. The summed E-state index contributed by atoms with van der Waals surface area (Å²) in [5, 5.41) is 5.78. The molecule has 1 aromatic heterocycles. The smallest absolute Gasteiger partial charge is 0.387 e. The summed E-state index contributed by atoms with van der Waals surface area (Å²) in [5.41, 5.74) is 1.99. The third-order valence-corrected chi connectivity index (χ3v) is 6.52. The molecule has 0 unspecified atom stereocenters. The van der Waals surface area contributed by atoms with Crippen molar-refractivity contribution in [2.24, 2.45) is 5.14 Å². The van der Waals surface area contributed by atoms with Gasteiger partial charge in [-0.2, -0.15) is 8.78 Å². The lowest BCUT2D eigenvalue weighted by Crippen LogP contribution is -2.27. The number of halogens is 2. The monoisotopic (exact) mass is 484 g/mol. The zero-order valence-corrected chi connectivity index (χ0v) is 19.0. The molecule has 2 N–H and O–H groups in total. The highest BCUT2D eigenvalue weighted by molar-refractivity contribution is 7.99. The first-order chi connectivity index (χ1) is 15.1. The SMILES string of the molecule is CCn1c(SCC(=O)N(C)Cc2ccc(OC(F)F)cc2)nc2cc(S(N)(=O)=O)ccc21. The van der Waals surface area contributed by atoms with Crippen LogP contribution in [-0.4, -0.2) is 48.2 Å². The summed E-state index contributed by atoms with van der Waals surface area (Å²) in [6.45, 7) is -0.0737. The van der Waals surface area contributed by atoms with Crippen LogP contribution in [0.2, 0.25) is 0 Å².